The van der Waals surface area contributed by atoms with Gasteiger partial charge in [0.1, 0.15) is 6.07 Å². The van der Waals surface area contributed by atoms with Crippen molar-refractivity contribution in [2.45, 2.75) is 24.8 Å². The molecule has 0 bridgehead atoms. The van der Waals surface area contributed by atoms with Crippen molar-refractivity contribution in [2.24, 2.45) is 0 Å². The van der Waals surface area contributed by atoms with E-state index in [9.17, 15) is 5.26 Å². The van der Waals surface area contributed by atoms with Crippen LogP contribution in [-0.4, -0.2) is 49.5 Å². The van der Waals surface area contributed by atoms with E-state index in [1.807, 2.05) is 18.2 Å². The number of morpholine rings is 1. The molecule has 1 fully saturated rings. The number of ether oxygens (including phenoxy) is 1. The van der Waals surface area contributed by atoms with Gasteiger partial charge in [0.15, 0.2) is 0 Å². The zero-order valence-electron chi connectivity index (χ0n) is 12.8. The summed E-state index contributed by atoms with van der Waals surface area (Å²) in [6.45, 7) is 8.85. The highest BCUT2D eigenvalue weighted by molar-refractivity contribution is 7.99. The standard InChI is InChI=1S/C16H23N3OS/c1-3-21-16-6-4-5-15(14(16)11-17)18-13(2)12-19-7-9-20-10-8-19/h4-6,13,18H,3,7-10,12H2,1-2H3. The molecule has 1 aliphatic heterocycles. The molecule has 0 aromatic heterocycles. The lowest BCUT2D eigenvalue weighted by molar-refractivity contribution is 0.0368. The van der Waals surface area contributed by atoms with Crippen LogP contribution in [0.4, 0.5) is 5.69 Å². The van der Waals surface area contributed by atoms with Crippen molar-refractivity contribution in [1.29, 1.82) is 5.26 Å². The molecule has 0 radical (unpaired) electrons. The summed E-state index contributed by atoms with van der Waals surface area (Å²) in [5.41, 5.74) is 1.70. The summed E-state index contributed by atoms with van der Waals surface area (Å²) in [6, 6.07) is 8.67. The van der Waals surface area contributed by atoms with E-state index in [1.54, 1.807) is 11.8 Å². The molecule has 1 aromatic rings. The van der Waals surface area contributed by atoms with E-state index in [-0.39, 0.29) is 0 Å². The summed E-state index contributed by atoms with van der Waals surface area (Å²) < 4.78 is 5.37. The molecular formula is C16H23N3OS. The molecule has 1 saturated heterocycles. The maximum absolute atomic E-state index is 9.43. The van der Waals surface area contributed by atoms with E-state index < -0.39 is 0 Å². The second kappa shape index (κ2) is 8.28. The maximum Gasteiger partial charge on any atom is 0.102 e. The molecule has 0 saturated carbocycles. The van der Waals surface area contributed by atoms with E-state index in [4.69, 9.17) is 4.74 Å². The Balaban J connectivity index is 2.01. The number of benzene rings is 1. The second-order valence-electron chi connectivity index (χ2n) is 5.18. The van der Waals surface area contributed by atoms with Crippen molar-refractivity contribution in [3.05, 3.63) is 23.8 Å². The van der Waals surface area contributed by atoms with Crippen LogP contribution < -0.4 is 5.32 Å². The van der Waals surface area contributed by atoms with Crippen LogP contribution in [0.3, 0.4) is 0 Å². The van der Waals surface area contributed by atoms with Crippen molar-refractivity contribution in [2.75, 3.05) is 43.9 Å². The number of hydrogen-bond donors (Lipinski definition) is 1. The first-order chi connectivity index (χ1) is 10.2. The SMILES string of the molecule is CCSc1cccc(NC(C)CN2CCOCC2)c1C#N. The lowest BCUT2D eigenvalue weighted by Gasteiger charge is -2.30. The minimum atomic E-state index is 0.303. The Hall–Kier alpha value is -1.22. The average Bonchev–Trinajstić information content (AvgIpc) is 2.49. The molecule has 21 heavy (non-hydrogen) atoms. The zero-order chi connectivity index (χ0) is 15.1. The van der Waals surface area contributed by atoms with Crippen LogP contribution in [0.15, 0.2) is 23.1 Å². The normalized spacial score (nSPS) is 17.2. The Morgan fingerprint density at radius 3 is 2.86 bits per heavy atom. The van der Waals surface area contributed by atoms with E-state index in [0.29, 0.717) is 6.04 Å². The van der Waals surface area contributed by atoms with Gasteiger partial charge in [-0.15, -0.1) is 11.8 Å². The van der Waals surface area contributed by atoms with Gasteiger partial charge in [-0.1, -0.05) is 13.0 Å². The molecule has 1 aromatic carbocycles. The molecule has 4 nitrogen and oxygen atoms in total. The summed E-state index contributed by atoms with van der Waals surface area (Å²) in [5, 5.41) is 12.9. The number of rotatable bonds is 6. The number of nitrogens with one attached hydrogen (secondary N) is 1. The Morgan fingerprint density at radius 2 is 2.19 bits per heavy atom. The molecule has 114 valence electrons. The third-order valence-electron chi connectivity index (χ3n) is 3.48. The smallest absolute Gasteiger partial charge is 0.102 e. The Labute approximate surface area is 131 Å². The van der Waals surface area contributed by atoms with Gasteiger partial charge >= 0.3 is 0 Å². The summed E-state index contributed by atoms with van der Waals surface area (Å²) in [4.78, 5) is 3.46. The Bertz CT molecular complexity index is 495. The lowest BCUT2D eigenvalue weighted by Crippen LogP contribution is -2.42. The predicted molar refractivity (Wildman–Crippen MR) is 87.9 cm³/mol. The van der Waals surface area contributed by atoms with Crippen molar-refractivity contribution in [3.63, 3.8) is 0 Å². The third kappa shape index (κ3) is 4.63. The first kappa shape index (κ1) is 16.2. The Kier molecular flexibility index (Phi) is 6.37. The first-order valence-electron chi connectivity index (χ1n) is 7.47. The number of nitriles is 1. The fraction of sp³-hybridized carbons (Fsp3) is 0.562. The molecule has 1 atom stereocenters. The largest absolute Gasteiger partial charge is 0.380 e. The summed E-state index contributed by atoms with van der Waals surface area (Å²) >= 11 is 1.71. The predicted octanol–water partition coefficient (Wildman–Crippen LogP) is 2.80. The van der Waals surface area contributed by atoms with Crippen LogP contribution in [0.5, 0.6) is 0 Å². The second-order valence-corrected chi connectivity index (χ2v) is 6.49. The highest BCUT2D eigenvalue weighted by Gasteiger charge is 2.15. The minimum absolute atomic E-state index is 0.303. The molecule has 0 spiro atoms. The fourth-order valence-corrected chi connectivity index (χ4v) is 3.31. The van der Waals surface area contributed by atoms with Gasteiger partial charge in [0, 0.05) is 30.6 Å². The molecule has 0 amide bonds. The van der Waals surface area contributed by atoms with Crippen LogP contribution in [0.1, 0.15) is 19.4 Å². The maximum atomic E-state index is 9.43. The molecule has 0 aliphatic carbocycles. The van der Waals surface area contributed by atoms with Crippen LogP contribution in [0.25, 0.3) is 0 Å². The summed E-state index contributed by atoms with van der Waals surface area (Å²) in [5.74, 6) is 0.974. The van der Waals surface area contributed by atoms with Crippen molar-refractivity contribution in [1.82, 2.24) is 4.90 Å². The van der Waals surface area contributed by atoms with E-state index in [1.165, 1.54) is 0 Å². The van der Waals surface area contributed by atoms with Gasteiger partial charge in [0.2, 0.25) is 0 Å². The lowest BCUT2D eigenvalue weighted by atomic mass is 10.1. The van der Waals surface area contributed by atoms with Crippen molar-refractivity contribution >= 4 is 17.4 Å². The molecule has 1 heterocycles. The van der Waals surface area contributed by atoms with Gasteiger partial charge in [-0.25, -0.2) is 0 Å². The van der Waals surface area contributed by atoms with Gasteiger partial charge in [-0.2, -0.15) is 5.26 Å². The minimum Gasteiger partial charge on any atom is -0.380 e. The summed E-state index contributed by atoms with van der Waals surface area (Å²) in [6.07, 6.45) is 0. The van der Waals surface area contributed by atoms with Crippen molar-refractivity contribution < 1.29 is 4.74 Å². The van der Waals surface area contributed by atoms with Gasteiger partial charge in [-0.05, 0) is 24.8 Å². The highest BCUT2D eigenvalue weighted by atomic mass is 32.2. The van der Waals surface area contributed by atoms with Gasteiger partial charge in [0.25, 0.3) is 0 Å². The molecule has 1 aliphatic rings. The number of nitrogens with zero attached hydrogens (tertiary/aromatic N) is 2. The topological polar surface area (TPSA) is 48.3 Å². The van der Waals surface area contributed by atoms with Gasteiger partial charge in [-0.3, -0.25) is 4.90 Å². The van der Waals surface area contributed by atoms with Crippen LogP contribution in [-0.2, 0) is 4.74 Å². The highest BCUT2D eigenvalue weighted by Crippen LogP contribution is 2.28. The van der Waals surface area contributed by atoms with E-state index >= 15 is 0 Å². The van der Waals surface area contributed by atoms with Crippen LogP contribution in [0, 0.1) is 11.3 Å². The van der Waals surface area contributed by atoms with Crippen LogP contribution in [0.2, 0.25) is 0 Å². The Morgan fingerprint density at radius 1 is 1.43 bits per heavy atom. The number of thioether (sulfide) groups is 1. The van der Waals surface area contributed by atoms with E-state index in [0.717, 1.165) is 54.7 Å². The molecule has 1 unspecified atom stereocenters. The van der Waals surface area contributed by atoms with Crippen molar-refractivity contribution in [3.8, 4) is 6.07 Å². The molecular weight excluding hydrogens is 282 g/mol. The third-order valence-corrected chi connectivity index (χ3v) is 4.42. The molecule has 5 heteroatoms. The number of hydrogen-bond acceptors (Lipinski definition) is 5. The van der Waals surface area contributed by atoms with Crippen LogP contribution >= 0.6 is 11.8 Å². The molecule has 1 N–H and O–H groups in total. The summed E-state index contributed by atoms with van der Waals surface area (Å²) in [7, 11) is 0. The fourth-order valence-electron chi connectivity index (χ4n) is 2.52. The monoisotopic (exact) mass is 305 g/mol. The van der Waals surface area contributed by atoms with Gasteiger partial charge in [0.05, 0.1) is 24.5 Å². The molecule has 2 rings (SSSR count). The zero-order valence-corrected chi connectivity index (χ0v) is 13.6. The average molecular weight is 305 g/mol. The van der Waals surface area contributed by atoms with E-state index in [2.05, 4.69) is 30.1 Å². The first-order valence-corrected chi connectivity index (χ1v) is 8.45. The number of anilines is 1. The van der Waals surface area contributed by atoms with Gasteiger partial charge < -0.3 is 10.1 Å². The quantitative estimate of drug-likeness (QED) is 0.819.